The molecule has 0 spiro atoms. The van der Waals surface area contributed by atoms with Crippen LogP contribution < -0.4 is 5.56 Å². The normalized spacial score (nSPS) is 14.6. The number of rotatable bonds is 5. The Bertz CT molecular complexity index is 491. The fourth-order valence-corrected chi connectivity index (χ4v) is 2.04. The van der Waals surface area contributed by atoms with Gasteiger partial charge in [0.1, 0.15) is 5.69 Å². The van der Waals surface area contributed by atoms with Crippen LogP contribution in [0.15, 0.2) is 16.9 Å². The Morgan fingerprint density at radius 2 is 2.17 bits per heavy atom. The summed E-state index contributed by atoms with van der Waals surface area (Å²) in [5.41, 5.74) is 0.222. The summed E-state index contributed by atoms with van der Waals surface area (Å²) >= 11 is 0. The summed E-state index contributed by atoms with van der Waals surface area (Å²) < 4.78 is 1.37. The Morgan fingerprint density at radius 1 is 1.44 bits per heavy atom. The molecule has 0 atom stereocenters. The lowest BCUT2D eigenvalue weighted by Gasteiger charge is -2.19. The molecule has 0 aliphatic heterocycles. The molecule has 2 rings (SSSR count). The highest BCUT2D eigenvalue weighted by atomic mass is 16.2. The van der Waals surface area contributed by atoms with Gasteiger partial charge in [0.25, 0.3) is 11.5 Å². The summed E-state index contributed by atoms with van der Waals surface area (Å²) in [5.74, 6) is -0.0650. The first kappa shape index (κ1) is 12.8. The molecule has 1 aliphatic carbocycles. The van der Waals surface area contributed by atoms with Crippen molar-refractivity contribution in [3.63, 3.8) is 0 Å². The van der Waals surface area contributed by atoms with Crippen molar-refractivity contribution in [2.24, 2.45) is 0 Å². The van der Waals surface area contributed by atoms with Crippen molar-refractivity contribution in [2.45, 2.75) is 45.7 Å². The number of carbonyl (C=O) groups excluding carboxylic acids is 1. The number of aryl methyl sites for hydroxylation is 1. The van der Waals surface area contributed by atoms with Gasteiger partial charge >= 0.3 is 0 Å². The lowest BCUT2D eigenvalue weighted by Crippen LogP contribution is -2.35. The molecule has 1 fully saturated rings. The minimum absolute atomic E-state index is 0.0650. The fourth-order valence-electron chi connectivity index (χ4n) is 2.04. The van der Waals surface area contributed by atoms with Crippen molar-refractivity contribution >= 4 is 5.91 Å². The first-order valence-corrected chi connectivity index (χ1v) is 6.56. The Morgan fingerprint density at radius 3 is 2.72 bits per heavy atom. The van der Waals surface area contributed by atoms with Gasteiger partial charge in [-0.2, -0.15) is 5.10 Å². The average molecular weight is 249 g/mol. The second kappa shape index (κ2) is 5.33. The third-order valence-corrected chi connectivity index (χ3v) is 3.11. The third-order valence-electron chi connectivity index (χ3n) is 3.11. The van der Waals surface area contributed by atoms with Gasteiger partial charge in [-0.25, -0.2) is 4.68 Å². The maximum Gasteiger partial charge on any atom is 0.274 e. The summed E-state index contributed by atoms with van der Waals surface area (Å²) in [6.45, 7) is 5.19. The summed E-state index contributed by atoms with van der Waals surface area (Å²) in [5, 5.41) is 4.15. The number of carbonyl (C=O) groups is 1. The quantitative estimate of drug-likeness (QED) is 0.790. The second-order valence-electron chi connectivity index (χ2n) is 4.60. The van der Waals surface area contributed by atoms with Crippen molar-refractivity contribution in [1.82, 2.24) is 14.7 Å². The van der Waals surface area contributed by atoms with E-state index in [9.17, 15) is 9.59 Å². The van der Waals surface area contributed by atoms with Gasteiger partial charge in [-0.05, 0) is 32.3 Å². The Balaban J connectivity index is 2.24. The molecule has 1 heterocycles. The molecule has 98 valence electrons. The largest absolute Gasteiger partial charge is 0.335 e. The number of hydrogen-bond acceptors (Lipinski definition) is 3. The minimum Gasteiger partial charge on any atom is -0.335 e. The van der Waals surface area contributed by atoms with Gasteiger partial charge in [0, 0.05) is 25.2 Å². The van der Waals surface area contributed by atoms with E-state index in [1.165, 1.54) is 16.8 Å². The van der Waals surface area contributed by atoms with E-state index in [1.807, 2.05) is 18.7 Å². The SMILES string of the molecule is CCCn1nc(C(=O)N(CC)C2CC2)ccc1=O. The summed E-state index contributed by atoms with van der Waals surface area (Å²) in [6, 6.07) is 3.33. The van der Waals surface area contributed by atoms with E-state index in [2.05, 4.69) is 5.10 Å². The number of amides is 1. The van der Waals surface area contributed by atoms with Crippen LogP contribution in [0.2, 0.25) is 0 Å². The van der Waals surface area contributed by atoms with Gasteiger partial charge in [0.05, 0.1) is 0 Å². The monoisotopic (exact) mass is 249 g/mol. The molecule has 1 aromatic heterocycles. The van der Waals surface area contributed by atoms with Crippen LogP contribution in [0.25, 0.3) is 0 Å². The van der Waals surface area contributed by atoms with Crippen molar-refractivity contribution < 1.29 is 4.79 Å². The van der Waals surface area contributed by atoms with E-state index in [0.717, 1.165) is 19.3 Å². The van der Waals surface area contributed by atoms with Gasteiger partial charge in [-0.1, -0.05) is 6.92 Å². The van der Waals surface area contributed by atoms with Crippen molar-refractivity contribution in [3.8, 4) is 0 Å². The average Bonchev–Trinajstić information content (AvgIpc) is 3.17. The summed E-state index contributed by atoms with van der Waals surface area (Å²) in [7, 11) is 0. The van der Waals surface area contributed by atoms with E-state index < -0.39 is 0 Å². The summed E-state index contributed by atoms with van der Waals surface area (Å²) in [6.07, 6.45) is 2.98. The van der Waals surface area contributed by atoms with Crippen LogP contribution in [0, 0.1) is 0 Å². The molecule has 0 unspecified atom stereocenters. The van der Waals surface area contributed by atoms with E-state index in [1.54, 1.807) is 0 Å². The molecule has 18 heavy (non-hydrogen) atoms. The molecule has 1 aromatic rings. The van der Waals surface area contributed by atoms with E-state index in [4.69, 9.17) is 0 Å². The van der Waals surface area contributed by atoms with Gasteiger partial charge in [-0.15, -0.1) is 0 Å². The van der Waals surface area contributed by atoms with Crippen LogP contribution in [0.1, 0.15) is 43.6 Å². The van der Waals surface area contributed by atoms with E-state index >= 15 is 0 Å². The fraction of sp³-hybridized carbons (Fsp3) is 0.615. The predicted octanol–water partition coefficient (Wildman–Crippen LogP) is 1.28. The zero-order valence-electron chi connectivity index (χ0n) is 10.9. The molecule has 0 aromatic carbocycles. The molecule has 1 amide bonds. The number of aromatic nitrogens is 2. The van der Waals surface area contributed by atoms with Gasteiger partial charge in [0.15, 0.2) is 0 Å². The number of nitrogens with zero attached hydrogens (tertiary/aromatic N) is 3. The van der Waals surface area contributed by atoms with Crippen molar-refractivity contribution in [1.29, 1.82) is 0 Å². The minimum atomic E-state index is -0.150. The highest BCUT2D eigenvalue weighted by Crippen LogP contribution is 2.27. The molecule has 0 N–H and O–H groups in total. The van der Waals surface area contributed by atoms with Gasteiger partial charge in [-0.3, -0.25) is 9.59 Å². The van der Waals surface area contributed by atoms with Crippen LogP contribution in [0.3, 0.4) is 0 Å². The maximum atomic E-state index is 12.3. The van der Waals surface area contributed by atoms with E-state index in [-0.39, 0.29) is 11.5 Å². The van der Waals surface area contributed by atoms with Crippen LogP contribution in [0.5, 0.6) is 0 Å². The predicted molar refractivity (Wildman–Crippen MR) is 68.5 cm³/mol. The molecular weight excluding hydrogens is 230 g/mol. The molecule has 0 radical (unpaired) electrons. The topological polar surface area (TPSA) is 55.2 Å². The maximum absolute atomic E-state index is 12.3. The molecule has 1 saturated carbocycles. The summed E-state index contributed by atoms with van der Waals surface area (Å²) in [4.78, 5) is 25.7. The molecular formula is C13H19N3O2. The Hall–Kier alpha value is -1.65. The van der Waals surface area contributed by atoms with Crippen LogP contribution >= 0.6 is 0 Å². The Labute approximate surface area is 106 Å². The highest BCUT2D eigenvalue weighted by molar-refractivity contribution is 5.92. The van der Waals surface area contributed by atoms with Crippen molar-refractivity contribution in [3.05, 3.63) is 28.2 Å². The molecule has 5 heteroatoms. The standard InChI is InChI=1S/C13H19N3O2/c1-3-9-16-12(17)8-7-11(14-16)13(18)15(4-2)10-5-6-10/h7-8,10H,3-6,9H2,1-2H3. The smallest absolute Gasteiger partial charge is 0.274 e. The zero-order valence-corrected chi connectivity index (χ0v) is 10.9. The third kappa shape index (κ3) is 2.60. The van der Waals surface area contributed by atoms with Crippen LogP contribution in [-0.4, -0.2) is 33.2 Å². The Kier molecular flexibility index (Phi) is 3.79. The number of hydrogen-bond donors (Lipinski definition) is 0. The lowest BCUT2D eigenvalue weighted by molar-refractivity contribution is 0.0743. The molecule has 5 nitrogen and oxygen atoms in total. The molecule has 0 saturated heterocycles. The lowest BCUT2D eigenvalue weighted by atomic mass is 10.3. The van der Waals surface area contributed by atoms with Crippen LogP contribution in [-0.2, 0) is 6.54 Å². The molecule has 0 bridgehead atoms. The first-order chi connectivity index (χ1) is 8.67. The van der Waals surface area contributed by atoms with Crippen LogP contribution in [0.4, 0.5) is 0 Å². The first-order valence-electron chi connectivity index (χ1n) is 6.56. The highest BCUT2D eigenvalue weighted by Gasteiger charge is 2.32. The van der Waals surface area contributed by atoms with Gasteiger partial charge in [0.2, 0.25) is 0 Å². The van der Waals surface area contributed by atoms with E-state index in [0.29, 0.717) is 24.8 Å². The zero-order chi connectivity index (χ0) is 13.1. The van der Waals surface area contributed by atoms with Crippen molar-refractivity contribution in [2.75, 3.05) is 6.54 Å². The molecule has 1 aliphatic rings. The second-order valence-corrected chi connectivity index (χ2v) is 4.60. The van der Waals surface area contributed by atoms with Gasteiger partial charge < -0.3 is 4.90 Å².